The Morgan fingerprint density at radius 1 is 1.04 bits per heavy atom. The molecule has 1 amide bonds. The largest absolute Gasteiger partial charge is 0.336 e. The van der Waals surface area contributed by atoms with Gasteiger partial charge in [0.2, 0.25) is 10.0 Å². The molecule has 5 nitrogen and oxygen atoms in total. The number of thioether (sulfide) groups is 1. The van der Waals surface area contributed by atoms with Crippen LogP contribution < -0.4 is 0 Å². The second-order valence-corrected chi connectivity index (χ2v) is 9.76. The summed E-state index contributed by atoms with van der Waals surface area (Å²) >= 11 is 7.47. The van der Waals surface area contributed by atoms with Crippen LogP contribution in [0, 0.1) is 0 Å². The van der Waals surface area contributed by atoms with Gasteiger partial charge < -0.3 is 4.90 Å². The van der Waals surface area contributed by atoms with Gasteiger partial charge in [0.05, 0.1) is 10.5 Å². The van der Waals surface area contributed by atoms with Crippen molar-refractivity contribution in [2.75, 3.05) is 31.9 Å². The first-order valence-electron chi connectivity index (χ1n) is 8.70. The molecule has 1 heterocycles. The second kappa shape index (κ2) is 8.65. The highest BCUT2D eigenvalue weighted by Crippen LogP contribution is 2.25. The summed E-state index contributed by atoms with van der Waals surface area (Å²) in [5, 5.41) is 0.494. The van der Waals surface area contributed by atoms with Gasteiger partial charge >= 0.3 is 0 Å². The fourth-order valence-corrected chi connectivity index (χ4v) is 5.33. The molecular formula is C19H21ClN2O3S2. The van der Waals surface area contributed by atoms with Crippen molar-refractivity contribution in [2.45, 2.75) is 16.7 Å². The molecule has 144 valence electrons. The van der Waals surface area contributed by atoms with Crippen LogP contribution >= 0.6 is 23.4 Å². The van der Waals surface area contributed by atoms with Crippen LogP contribution in [0.25, 0.3) is 0 Å². The van der Waals surface area contributed by atoms with E-state index in [0.29, 0.717) is 23.7 Å². The minimum Gasteiger partial charge on any atom is -0.336 e. The zero-order valence-electron chi connectivity index (χ0n) is 15.0. The Kier molecular flexibility index (Phi) is 6.47. The summed E-state index contributed by atoms with van der Waals surface area (Å²) in [6.45, 7) is 3.35. The van der Waals surface area contributed by atoms with E-state index in [1.54, 1.807) is 28.8 Å². The molecule has 2 aromatic carbocycles. The topological polar surface area (TPSA) is 57.7 Å². The zero-order chi connectivity index (χ0) is 19.4. The number of nitrogens with zero attached hydrogens (tertiary/aromatic N) is 2. The first kappa shape index (κ1) is 20.2. The van der Waals surface area contributed by atoms with Crippen molar-refractivity contribution in [3.05, 3.63) is 59.1 Å². The van der Waals surface area contributed by atoms with Crippen molar-refractivity contribution in [3.8, 4) is 0 Å². The molecule has 27 heavy (non-hydrogen) atoms. The van der Waals surface area contributed by atoms with Crippen LogP contribution in [0.5, 0.6) is 0 Å². The highest BCUT2D eigenvalue weighted by Gasteiger charge is 2.30. The number of piperazine rings is 1. The summed E-state index contributed by atoms with van der Waals surface area (Å²) in [7, 11) is -3.58. The Morgan fingerprint density at radius 3 is 2.30 bits per heavy atom. The monoisotopic (exact) mass is 424 g/mol. The van der Waals surface area contributed by atoms with E-state index in [9.17, 15) is 13.2 Å². The molecule has 0 saturated carbocycles. The van der Waals surface area contributed by atoms with E-state index in [-0.39, 0.29) is 23.9 Å². The zero-order valence-corrected chi connectivity index (χ0v) is 17.4. The lowest BCUT2D eigenvalue weighted by Crippen LogP contribution is -2.50. The van der Waals surface area contributed by atoms with Gasteiger partial charge in [0.25, 0.3) is 5.91 Å². The first-order chi connectivity index (χ1) is 12.9. The number of benzene rings is 2. The van der Waals surface area contributed by atoms with Crippen molar-refractivity contribution >= 4 is 39.3 Å². The quantitative estimate of drug-likeness (QED) is 0.688. The third kappa shape index (κ3) is 4.48. The molecule has 0 aliphatic carbocycles. The fourth-order valence-electron chi connectivity index (χ4n) is 2.98. The lowest BCUT2D eigenvalue weighted by molar-refractivity contribution is 0.0694. The Balaban J connectivity index is 1.70. The Morgan fingerprint density at radius 2 is 1.67 bits per heavy atom. The molecule has 0 radical (unpaired) electrons. The number of carbonyl (C=O) groups excluding carboxylic acids is 1. The molecule has 0 atom stereocenters. The summed E-state index contributed by atoms with van der Waals surface area (Å²) < 4.78 is 26.9. The van der Waals surface area contributed by atoms with Gasteiger partial charge in [0, 0.05) is 36.1 Å². The Bertz CT molecular complexity index is 909. The third-order valence-electron chi connectivity index (χ3n) is 4.39. The maximum Gasteiger partial charge on any atom is 0.255 e. The molecular weight excluding hydrogens is 404 g/mol. The number of carbonyl (C=O) groups is 1. The van der Waals surface area contributed by atoms with E-state index in [1.807, 2.05) is 31.2 Å². The van der Waals surface area contributed by atoms with Gasteiger partial charge in [-0.2, -0.15) is 4.31 Å². The number of hydrogen-bond donors (Lipinski definition) is 0. The maximum atomic E-state index is 12.9. The smallest absolute Gasteiger partial charge is 0.255 e. The minimum atomic E-state index is -3.58. The Hall–Kier alpha value is -1.54. The number of halogens is 1. The number of hydrogen-bond acceptors (Lipinski definition) is 4. The van der Waals surface area contributed by atoms with Gasteiger partial charge in [-0.1, -0.05) is 30.7 Å². The van der Waals surface area contributed by atoms with E-state index >= 15 is 0 Å². The van der Waals surface area contributed by atoms with E-state index in [1.165, 1.54) is 16.4 Å². The standard InChI is InChI=1S/C19H21ClN2O3S2/c1-2-26-18-6-4-3-5-17(18)19(23)21-11-13-22(14-12-21)27(24,25)16-9-7-15(20)8-10-16/h3-10H,2,11-14H2,1H3. The average molecular weight is 425 g/mol. The van der Waals surface area contributed by atoms with Crippen molar-refractivity contribution in [1.82, 2.24) is 9.21 Å². The fraction of sp³-hybridized carbons (Fsp3) is 0.316. The van der Waals surface area contributed by atoms with Crippen LogP contribution in [0.1, 0.15) is 17.3 Å². The normalized spacial score (nSPS) is 15.7. The predicted octanol–water partition coefficient (Wildman–Crippen LogP) is 3.60. The molecule has 0 bridgehead atoms. The van der Waals surface area contributed by atoms with Crippen molar-refractivity contribution in [2.24, 2.45) is 0 Å². The van der Waals surface area contributed by atoms with E-state index in [2.05, 4.69) is 0 Å². The SMILES string of the molecule is CCSc1ccccc1C(=O)N1CCN(S(=O)(=O)c2ccc(Cl)cc2)CC1. The lowest BCUT2D eigenvalue weighted by atomic mass is 10.2. The maximum absolute atomic E-state index is 12.9. The second-order valence-electron chi connectivity index (χ2n) is 6.08. The molecule has 8 heteroatoms. The first-order valence-corrected chi connectivity index (χ1v) is 11.5. The lowest BCUT2D eigenvalue weighted by Gasteiger charge is -2.34. The van der Waals surface area contributed by atoms with Gasteiger partial charge in [0.1, 0.15) is 0 Å². The summed E-state index contributed by atoms with van der Waals surface area (Å²) in [5.74, 6) is 0.840. The molecule has 0 spiro atoms. The average Bonchev–Trinajstić information content (AvgIpc) is 2.68. The van der Waals surface area contributed by atoms with Gasteiger partial charge in [-0.25, -0.2) is 8.42 Å². The molecule has 3 rings (SSSR count). The van der Waals surface area contributed by atoms with Gasteiger partial charge in [0.15, 0.2) is 0 Å². The number of rotatable bonds is 5. The third-order valence-corrected chi connectivity index (χ3v) is 7.52. The molecule has 1 saturated heterocycles. The number of sulfonamides is 1. The van der Waals surface area contributed by atoms with Crippen molar-refractivity contribution in [3.63, 3.8) is 0 Å². The molecule has 1 aliphatic heterocycles. The van der Waals surface area contributed by atoms with Crippen molar-refractivity contribution < 1.29 is 13.2 Å². The predicted molar refractivity (Wildman–Crippen MR) is 109 cm³/mol. The van der Waals surface area contributed by atoms with E-state index in [0.717, 1.165) is 10.6 Å². The molecule has 2 aromatic rings. The summed E-state index contributed by atoms with van der Waals surface area (Å²) in [6, 6.07) is 13.7. The van der Waals surface area contributed by atoms with Gasteiger partial charge in [-0.05, 0) is 42.2 Å². The van der Waals surface area contributed by atoms with Crippen molar-refractivity contribution in [1.29, 1.82) is 0 Å². The summed E-state index contributed by atoms with van der Waals surface area (Å²) in [5.41, 5.74) is 0.679. The highest BCUT2D eigenvalue weighted by atomic mass is 35.5. The Labute approximate surface area is 169 Å². The highest BCUT2D eigenvalue weighted by molar-refractivity contribution is 7.99. The molecule has 0 N–H and O–H groups in total. The molecule has 0 unspecified atom stereocenters. The number of amides is 1. The molecule has 1 fully saturated rings. The van der Waals surface area contributed by atoms with Crippen LogP contribution in [0.2, 0.25) is 5.02 Å². The minimum absolute atomic E-state index is 0.0462. The summed E-state index contributed by atoms with van der Waals surface area (Å²) in [6.07, 6.45) is 0. The molecule has 0 aromatic heterocycles. The van der Waals surface area contributed by atoms with Gasteiger partial charge in [-0.15, -0.1) is 11.8 Å². The van der Waals surface area contributed by atoms with E-state index < -0.39 is 10.0 Å². The van der Waals surface area contributed by atoms with E-state index in [4.69, 9.17) is 11.6 Å². The van der Waals surface area contributed by atoms with Crippen LogP contribution in [-0.4, -0.2) is 55.5 Å². The van der Waals surface area contributed by atoms with Crippen LogP contribution in [0.3, 0.4) is 0 Å². The van der Waals surface area contributed by atoms with Crippen LogP contribution in [0.4, 0.5) is 0 Å². The van der Waals surface area contributed by atoms with Gasteiger partial charge in [-0.3, -0.25) is 4.79 Å². The van der Waals surface area contributed by atoms with Crippen LogP contribution in [0.15, 0.2) is 58.3 Å². The molecule has 1 aliphatic rings. The summed E-state index contributed by atoms with van der Waals surface area (Å²) in [4.78, 5) is 15.8. The van der Waals surface area contributed by atoms with Crippen LogP contribution in [-0.2, 0) is 10.0 Å².